The molecule has 0 bridgehead atoms. The van der Waals surface area contributed by atoms with E-state index in [0.717, 1.165) is 56.6 Å². The maximum Gasteiger partial charge on any atom is 0.315 e. The number of rotatable bonds is 10. The molecule has 3 amide bonds. The van der Waals surface area contributed by atoms with Crippen LogP contribution in [0, 0.1) is 0 Å². The average Bonchev–Trinajstić information content (AvgIpc) is 3.05. The van der Waals surface area contributed by atoms with Crippen molar-refractivity contribution >= 4 is 11.9 Å². The van der Waals surface area contributed by atoms with Gasteiger partial charge in [0.2, 0.25) is 5.91 Å². The predicted octanol–water partition coefficient (Wildman–Crippen LogP) is 4.47. The van der Waals surface area contributed by atoms with E-state index in [1.807, 2.05) is 47.4 Å². The standard InChI is InChI=1S/C27H38N4O2/c1-3-30(4-2)20-24-16-11-10-15-23(24)19-28-27(33)29-25(22-13-7-5-8-14-22)21-31-18-12-6-9-17-26(31)32/h5,7-8,10-11,13-16,25H,3-4,6,9,12,17-21H2,1-2H3,(H2,28,29,33). The van der Waals surface area contributed by atoms with Gasteiger partial charge in [0.1, 0.15) is 0 Å². The van der Waals surface area contributed by atoms with Crippen molar-refractivity contribution in [3.63, 3.8) is 0 Å². The van der Waals surface area contributed by atoms with E-state index in [1.165, 1.54) is 5.56 Å². The molecular formula is C27H38N4O2. The summed E-state index contributed by atoms with van der Waals surface area (Å²) in [7, 11) is 0. The van der Waals surface area contributed by atoms with Crippen LogP contribution in [0.3, 0.4) is 0 Å². The highest BCUT2D eigenvalue weighted by atomic mass is 16.2. The van der Waals surface area contributed by atoms with Gasteiger partial charge in [-0.15, -0.1) is 0 Å². The smallest absolute Gasteiger partial charge is 0.315 e. The highest BCUT2D eigenvalue weighted by molar-refractivity contribution is 5.77. The summed E-state index contributed by atoms with van der Waals surface area (Å²) in [5.41, 5.74) is 3.36. The molecule has 3 rings (SSSR count). The largest absolute Gasteiger partial charge is 0.340 e. The minimum absolute atomic E-state index is 0.181. The quantitative estimate of drug-likeness (QED) is 0.561. The van der Waals surface area contributed by atoms with Crippen LogP contribution in [0.15, 0.2) is 54.6 Å². The van der Waals surface area contributed by atoms with Gasteiger partial charge >= 0.3 is 6.03 Å². The molecule has 2 aromatic carbocycles. The monoisotopic (exact) mass is 450 g/mol. The van der Waals surface area contributed by atoms with Gasteiger partial charge in [-0.2, -0.15) is 0 Å². The molecule has 1 atom stereocenters. The first-order valence-corrected chi connectivity index (χ1v) is 12.3. The number of benzene rings is 2. The first kappa shape index (κ1) is 24.8. The molecule has 1 heterocycles. The van der Waals surface area contributed by atoms with Crippen molar-refractivity contribution in [2.24, 2.45) is 0 Å². The minimum atomic E-state index is -0.251. The van der Waals surface area contributed by atoms with Crippen LogP contribution in [0.2, 0.25) is 0 Å². The number of carbonyl (C=O) groups excluding carboxylic acids is 2. The van der Waals surface area contributed by atoms with Crippen molar-refractivity contribution in [2.75, 3.05) is 26.2 Å². The number of carbonyl (C=O) groups is 2. The van der Waals surface area contributed by atoms with E-state index < -0.39 is 0 Å². The normalized spacial score (nSPS) is 15.2. The number of nitrogens with zero attached hydrogens (tertiary/aromatic N) is 2. The number of hydrogen-bond donors (Lipinski definition) is 2. The molecule has 0 aromatic heterocycles. The number of hydrogen-bond acceptors (Lipinski definition) is 3. The van der Waals surface area contributed by atoms with Crippen molar-refractivity contribution in [1.82, 2.24) is 20.4 Å². The van der Waals surface area contributed by atoms with Crippen LogP contribution in [0.25, 0.3) is 0 Å². The highest BCUT2D eigenvalue weighted by Gasteiger charge is 2.23. The lowest BCUT2D eigenvalue weighted by Gasteiger charge is -2.28. The Kier molecular flexibility index (Phi) is 9.76. The van der Waals surface area contributed by atoms with Crippen molar-refractivity contribution in [1.29, 1.82) is 0 Å². The predicted molar refractivity (Wildman–Crippen MR) is 133 cm³/mol. The van der Waals surface area contributed by atoms with Crippen molar-refractivity contribution < 1.29 is 9.59 Å². The Balaban J connectivity index is 1.65. The third kappa shape index (κ3) is 7.60. The summed E-state index contributed by atoms with van der Waals surface area (Å²) in [6.07, 6.45) is 3.64. The van der Waals surface area contributed by atoms with Crippen molar-refractivity contribution in [2.45, 2.75) is 58.7 Å². The Bertz CT molecular complexity index is 883. The summed E-state index contributed by atoms with van der Waals surface area (Å²) in [5.74, 6) is 0.181. The molecule has 1 unspecified atom stereocenters. The average molecular weight is 451 g/mol. The molecule has 1 aliphatic heterocycles. The highest BCUT2D eigenvalue weighted by Crippen LogP contribution is 2.18. The number of likely N-dealkylation sites (tertiary alicyclic amines) is 1. The third-order valence-corrected chi connectivity index (χ3v) is 6.43. The molecule has 1 aliphatic rings. The maximum absolute atomic E-state index is 12.9. The van der Waals surface area contributed by atoms with Crippen LogP contribution in [0.1, 0.15) is 62.3 Å². The lowest BCUT2D eigenvalue weighted by Crippen LogP contribution is -2.44. The van der Waals surface area contributed by atoms with Gasteiger partial charge in [-0.3, -0.25) is 9.69 Å². The molecule has 6 heteroatoms. The van der Waals surface area contributed by atoms with Gasteiger partial charge in [0.15, 0.2) is 0 Å². The maximum atomic E-state index is 12.9. The zero-order valence-electron chi connectivity index (χ0n) is 20.1. The molecular weight excluding hydrogens is 412 g/mol. The van der Waals surface area contributed by atoms with E-state index >= 15 is 0 Å². The Morgan fingerprint density at radius 2 is 1.67 bits per heavy atom. The van der Waals surface area contributed by atoms with E-state index in [4.69, 9.17) is 0 Å². The molecule has 33 heavy (non-hydrogen) atoms. The summed E-state index contributed by atoms with van der Waals surface area (Å²) in [6.45, 7) is 8.90. The summed E-state index contributed by atoms with van der Waals surface area (Å²) < 4.78 is 0. The molecule has 0 aliphatic carbocycles. The Morgan fingerprint density at radius 3 is 2.39 bits per heavy atom. The van der Waals surface area contributed by atoms with Crippen LogP contribution < -0.4 is 10.6 Å². The second-order valence-corrected chi connectivity index (χ2v) is 8.67. The van der Waals surface area contributed by atoms with E-state index in [0.29, 0.717) is 19.5 Å². The molecule has 1 saturated heterocycles. The first-order chi connectivity index (χ1) is 16.1. The van der Waals surface area contributed by atoms with Crippen molar-refractivity contribution in [3.8, 4) is 0 Å². The van der Waals surface area contributed by atoms with Gasteiger partial charge < -0.3 is 15.5 Å². The fourth-order valence-electron chi connectivity index (χ4n) is 4.33. The molecule has 0 radical (unpaired) electrons. The molecule has 2 aromatic rings. The van der Waals surface area contributed by atoms with Gasteiger partial charge in [-0.1, -0.05) is 74.9 Å². The molecule has 178 valence electrons. The number of amides is 3. The number of urea groups is 1. The van der Waals surface area contributed by atoms with Gasteiger partial charge in [-0.05, 0) is 42.6 Å². The zero-order chi connectivity index (χ0) is 23.5. The van der Waals surface area contributed by atoms with Crippen molar-refractivity contribution in [3.05, 3.63) is 71.3 Å². The van der Waals surface area contributed by atoms with E-state index in [-0.39, 0.29) is 18.0 Å². The summed E-state index contributed by atoms with van der Waals surface area (Å²) >= 11 is 0. The molecule has 1 fully saturated rings. The minimum Gasteiger partial charge on any atom is -0.340 e. The lowest BCUT2D eigenvalue weighted by atomic mass is 10.1. The fourth-order valence-corrected chi connectivity index (χ4v) is 4.33. The first-order valence-electron chi connectivity index (χ1n) is 12.3. The van der Waals surface area contributed by atoms with Crippen LogP contribution >= 0.6 is 0 Å². The van der Waals surface area contributed by atoms with Crippen LogP contribution in [0.5, 0.6) is 0 Å². The SMILES string of the molecule is CCN(CC)Cc1ccccc1CNC(=O)NC(CN1CCCCCC1=O)c1ccccc1. The Morgan fingerprint density at radius 1 is 0.970 bits per heavy atom. The van der Waals surface area contributed by atoms with E-state index in [1.54, 1.807) is 0 Å². The molecule has 0 spiro atoms. The lowest BCUT2D eigenvalue weighted by molar-refractivity contribution is -0.131. The third-order valence-electron chi connectivity index (χ3n) is 6.43. The number of nitrogens with one attached hydrogen (secondary N) is 2. The summed E-state index contributed by atoms with van der Waals surface area (Å²) in [4.78, 5) is 29.7. The molecule has 6 nitrogen and oxygen atoms in total. The Hall–Kier alpha value is -2.86. The second kappa shape index (κ2) is 13.0. The second-order valence-electron chi connectivity index (χ2n) is 8.67. The van der Waals surface area contributed by atoms with Crippen LogP contribution in [0.4, 0.5) is 4.79 Å². The molecule has 0 saturated carbocycles. The van der Waals surface area contributed by atoms with E-state index in [2.05, 4.69) is 41.5 Å². The topological polar surface area (TPSA) is 64.7 Å². The van der Waals surface area contributed by atoms with Crippen LogP contribution in [-0.2, 0) is 17.9 Å². The summed E-state index contributed by atoms with van der Waals surface area (Å²) in [5, 5.41) is 6.16. The van der Waals surface area contributed by atoms with Gasteiger partial charge in [0.25, 0.3) is 0 Å². The summed E-state index contributed by atoms with van der Waals surface area (Å²) in [6, 6.07) is 17.7. The molecule has 2 N–H and O–H groups in total. The van der Waals surface area contributed by atoms with E-state index in [9.17, 15) is 9.59 Å². The van der Waals surface area contributed by atoms with Gasteiger partial charge in [-0.25, -0.2) is 4.79 Å². The fraction of sp³-hybridized carbons (Fsp3) is 0.481. The van der Waals surface area contributed by atoms with Gasteiger partial charge in [0, 0.05) is 32.6 Å². The van der Waals surface area contributed by atoms with Gasteiger partial charge in [0.05, 0.1) is 6.04 Å². The Labute approximate surface area is 198 Å². The van der Waals surface area contributed by atoms with Crippen LogP contribution in [-0.4, -0.2) is 47.9 Å². The zero-order valence-corrected chi connectivity index (χ0v) is 20.1.